The Balaban J connectivity index is 1.29. The van der Waals surface area contributed by atoms with Crippen molar-refractivity contribution < 1.29 is 18.7 Å². The van der Waals surface area contributed by atoms with Gasteiger partial charge in [0.2, 0.25) is 11.8 Å². The Hall–Kier alpha value is -3.61. The van der Waals surface area contributed by atoms with Crippen LogP contribution in [0, 0.1) is 0 Å². The third-order valence-corrected chi connectivity index (χ3v) is 5.15. The van der Waals surface area contributed by atoms with Crippen molar-refractivity contribution in [3.05, 3.63) is 78.0 Å². The number of aryl methyl sites for hydroxylation is 1. The number of nitrogens with one attached hydrogen (secondary N) is 1. The number of carbonyl (C=O) groups excluding carboxylic acids is 2. The summed E-state index contributed by atoms with van der Waals surface area (Å²) in [4.78, 5) is 30.3. The van der Waals surface area contributed by atoms with Gasteiger partial charge in [0.05, 0.1) is 19.4 Å². The third-order valence-electron chi connectivity index (χ3n) is 5.15. The minimum Gasteiger partial charge on any atom is -0.494 e. The second-order valence-electron chi connectivity index (χ2n) is 7.51. The molecule has 0 fully saturated rings. The van der Waals surface area contributed by atoms with Crippen LogP contribution < -0.4 is 10.1 Å². The lowest BCUT2D eigenvalue weighted by Crippen LogP contribution is -2.30. The van der Waals surface area contributed by atoms with Gasteiger partial charge in [0.1, 0.15) is 11.5 Å². The summed E-state index contributed by atoms with van der Waals surface area (Å²) in [5.41, 5.74) is 2.90. The lowest BCUT2D eigenvalue weighted by Gasteiger charge is -2.22. The molecule has 0 atom stereocenters. The van der Waals surface area contributed by atoms with E-state index in [9.17, 15) is 9.59 Å². The average Bonchev–Trinajstić information content (AvgIpc) is 3.30. The Kier molecular flexibility index (Phi) is 6.62. The maximum atomic E-state index is 12.9. The molecule has 0 unspecified atom stereocenters. The molecule has 0 bridgehead atoms. The zero-order chi connectivity index (χ0) is 21.5. The minimum atomic E-state index is 0.0389. The summed E-state index contributed by atoms with van der Waals surface area (Å²) in [6.07, 6.45) is 7.29. The number of hydrogen-bond donors (Lipinski definition) is 1. The van der Waals surface area contributed by atoms with E-state index in [1.165, 1.54) is 0 Å². The van der Waals surface area contributed by atoms with E-state index in [1.54, 1.807) is 23.6 Å². The summed E-state index contributed by atoms with van der Waals surface area (Å²) in [5.74, 6) is 1.59. The summed E-state index contributed by atoms with van der Waals surface area (Å²) >= 11 is 0. The monoisotopic (exact) mass is 419 g/mol. The number of ether oxygens (including phenoxy) is 1. The number of benzene rings is 1. The fraction of sp³-hybridized carbons (Fsp3) is 0.292. The van der Waals surface area contributed by atoms with Crippen LogP contribution >= 0.6 is 0 Å². The summed E-state index contributed by atoms with van der Waals surface area (Å²) < 4.78 is 11.3. The molecule has 0 radical (unpaired) electrons. The molecule has 3 aromatic rings. The number of furan rings is 1. The number of nitrogens with zero attached hydrogens (tertiary/aromatic N) is 2. The highest BCUT2D eigenvalue weighted by molar-refractivity contribution is 5.94. The van der Waals surface area contributed by atoms with Crippen molar-refractivity contribution in [2.75, 3.05) is 11.9 Å². The van der Waals surface area contributed by atoms with Gasteiger partial charge in [-0.3, -0.25) is 14.6 Å². The largest absolute Gasteiger partial charge is 0.494 e. The first-order valence-electron chi connectivity index (χ1n) is 10.4. The molecule has 1 aliphatic heterocycles. The summed E-state index contributed by atoms with van der Waals surface area (Å²) in [7, 11) is 0. The number of hydrogen-bond acceptors (Lipinski definition) is 5. The summed E-state index contributed by atoms with van der Waals surface area (Å²) in [6.45, 7) is 1.33. The molecular formula is C24H25N3O4. The second kappa shape index (κ2) is 9.93. The second-order valence-corrected chi connectivity index (χ2v) is 7.51. The molecule has 1 N–H and O–H groups in total. The normalized spacial score (nSPS) is 12.7. The molecule has 160 valence electrons. The molecule has 1 aromatic carbocycles. The van der Waals surface area contributed by atoms with Crippen molar-refractivity contribution in [3.63, 3.8) is 0 Å². The van der Waals surface area contributed by atoms with Gasteiger partial charge in [0.15, 0.2) is 0 Å². The highest BCUT2D eigenvalue weighted by Crippen LogP contribution is 2.27. The highest BCUT2D eigenvalue weighted by Gasteiger charge is 2.17. The standard InChI is InChI=1S/C24H25N3O4/c28-23-10-7-19-14-20(8-9-22(19)26-23)30-13-3-6-24(29)27(17-21-5-2-12-31-21)16-18-4-1-11-25-15-18/h1-2,4-5,8-9,11-12,14-15H,3,6-7,10,13,16-17H2,(H,26,28). The molecule has 0 spiro atoms. The molecule has 4 rings (SSSR count). The smallest absolute Gasteiger partial charge is 0.224 e. The quantitative estimate of drug-likeness (QED) is 0.531. The van der Waals surface area contributed by atoms with E-state index in [4.69, 9.17) is 9.15 Å². The SMILES string of the molecule is O=C1CCc2cc(OCCCC(=O)N(Cc3cccnc3)Cc3ccco3)ccc2N1. The average molecular weight is 419 g/mol. The molecule has 0 aliphatic carbocycles. The summed E-state index contributed by atoms with van der Waals surface area (Å²) in [5, 5.41) is 2.86. The van der Waals surface area contributed by atoms with Crippen molar-refractivity contribution in [1.29, 1.82) is 0 Å². The molecule has 2 aromatic heterocycles. The predicted octanol–water partition coefficient (Wildman–Crippen LogP) is 3.95. The van der Waals surface area contributed by atoms with Crippen molar-refractivity contribution in [2.45, 2.75) is 38.8 Å². The van der Waals surface area contributed by atoms with Crippen LogP contribution in [-0.2, 0) is 29.1 Å². The lowest BCUT2D eigenvalue weighted by molar-refractivity contribution is -0.133. The lowest BCUT2D eigenvalue weighted by atomic mass is 10.0. The first-order valence-corrected chi connectivity index (χ1v) is 10.4. The topological polar surface area (TPSA) is 84.7 Å². The zero-order valence-electron chi connectivity index (χ0n) is 17.3. The fourth-order valence-corrected chi connectivity index (χ4v) is 3.56. The Morgan fingerprint density at radius 3 is 2.90 bits per heavy atom. The van der Waals surface area contributed by atoms with E-state index in [-0.39, 0.29) is 11.8 Å². The molecule has 2 amide bonds. The summed E-state index contributed by atoms with van der Waals surface area (Å²) in [6, 6.07) is 13.2. The van der Waals surface area contributed by atoms with Crippen molar-refractivity contribution in [3.8, 4) is 5.75 Å². The molecule has 0 saturated heterocycles. The van der Waals surface area contributed by atoms with Crippen molar-refractivity contribution in [2.24, 2.45) is 0 Å². The third kappa shape index (κ3) is 5.72. The van der Waals surface area contributed by atoms with Crippen LogP contribution in [0.2, 0.25) is 0 Å². The number of amides is 2. The predicted molar refractivity (Wildman–Crippen MR) is 115 cm³/mol. The molecule has 0 saturated carbocycles. The number of anilines is 1. The van der Waals surface area contributed by atoms with E-state index in [2.05, 4.69) is 10.3 Å². The number of carbonyl (C=O) groups is 2. The molecular weight excluding hydrogens is 394 g/mol. The van der Waals surface area contributed by atoms with Crippen LogP contribution in [0.15, 0.2) is 65.5 Å². The Morgan fingerprint density at radius 2 is 2.10 bits per heavy atom. The number of pyridine rings is 1. The van der Waals surface area contributed by atoms with E-state index in [0.29, 0.717) is 45.4 Å². The van der Waals surface area contributed by atoms with Crippen LogP contribution in [0.3, 0.4) is 0 Å². The first-order chi connectivity index (χ1) is 15.2. The first kappa shape index (κ1) is 20.7. The maximum Gasteiger partial charge on any atom is 0.224 e. The van der Waals surface area contributed by atoms with Gasteiger partial charge in [-0.15, -0.1) is 0 Å². The van der Waals surface area contributed by atoms with Gasteiger partial charge >= 0.3 is 0 Å². The number of aromatic nitrogens is 1. The highest BCUT2D eigenvalue weighted by atomic mass is 16.5. The van der Waals surface area contributed by atoms with Gasteiger partial charge in [-0.05, 0) is 60.4 Å². The number of fused-ring (bicyclic) bond motifs is 1. The van der Waals surface area contributed by atoms with Crippen LogP contribution in [0.1, 0.15) is 36.1 Å². The molecule has 7 heteroatoms. The Labute approximate surface area is 181 Å². The van der Waals surface area contributed by atoms with Crippen molar-refractivity contribution >= 4 is 17.5 Å². The van der Waals surface area contributed by atoms with Crippen LogP contribution in [0.5, 0.6) is 5.75 Å². The zero-order valence-corrected chi connectivity index (χ0v) is 17.3. The van der Waals surface area contributed by atoms with Gasteiger partial charge in [0.25, 0.3) is 0 Å². The van der Waals surface area contributed by atoms with E-state index in [0.717, 1.165) is 28.3 Å². The molecule has 7 nitrogen and oxygen atoms in total. The van der Waals surface area contributed by atoms with Crippen LogP contribution in [0.25, 0.3) is 0 Å². The van der Waals surface area contributed by atoms with Crippen LogP contribution in [-0.4, -0.2) is 28.3 Å². The Morgan fingerprint density at radius 1 is 1.16 bits per heavy atom. The Bertz CT molecular complexity index is 1020. The molecule has 31 heavy (non-hydrogen) atoms. The molecule has 3 heterocycles. The van der Waals surface area contributed by atoms with E-state index < -0.39 is 0 Å². The van der Waals surface area contributed by atoms with E-state index >= 15 is 0 Å². The molecule has 1 aliphatic rings. The fourth-order valence-electron chi connectivity index (χ4n) is 3.56. The van der Waals surface area contributed by atoms with Gasteiger partial charge in [-0.2, -0.15) is 0 Å². The van der Waals surface area contributed by atoms with Gasteiger partial charge in [-0.25, -0.2) is 0 Å². The maximum absolute atomic E-state index is 12.9. The van der Waals surface area contributed by atoms with Gasteiger partial charge < -0.3 is 19.4 Å². The van der Waals surface area contributed by atoms with E-state index in [1.807, 2.05) is 42.5 Å². The number of rotatable bonds is 9. The van der Waals surface area contributed by atoms with Crippen LogP contribution in [0.4, 0.5) is 5.69 Å². The minimum absolute atomic E-state index is 0.0389. The van der Waals surface area contributed by atoms with Gasteiger partial charge in [-0.1, -0.05) is 6.07 Å². The van der Waals surface area contributed by atoms with Crippen molar-refractivity contribution in [1.82, 2.24) is 9.88 Å². The van der Waals surface area contributed by atoms with Gasteiger partial charge in [0, 0.05) is 37.5 Å².